The summed E-state index contributed by atoms with van der Waals surface area (Å²) in [6.07, 6.45) is 4.38. The number of para-hydroxylation sites is 1. The van der Waals surface area contributed by atoms with Crippen LogP contribution in [-0.4, -0.2) is 0 Å². The number of benzene rings is 11. The van der Waals surface area contributed by atoms with E-state index >= 15 is 0 Å². The summed E-state index contributed by atoms with van der Waals surface area (Å²) in [5.41, 5.74) is 16.4. The maximum absolute atomic E-state index is 6.95. The molecule has 3 heteroatoms. The van der Waals surface area contributed by atoms with Gasteiger partial charge < -0.3 is 9.32 Å². The zero-order chi connectivity index (χ0) is 48.1. The highest BCUT2D eigenvalue weighted by Crippen LogP contribution is 2.47. The summed E-state index contributed by atoms with van der Waals surface area (Å²) in [5.74, 6) is 0. The standard InChI is InChI=1S/C69H47NOS/c1-3-16-60(67-45(2)72-66-30-13-11-26-63(66)67)58-24-9-8-23-57(58)51-37-41-53(42-38-51)70(52-39-35-47(36-40-52)46-31-33-50(34-32-46)55-27-14-19-48-17-4-6-21-54(48)55)64-44-43-61(59-28-15-20-49-18-5-7-22-56(49)59)69-68(64)62-25-10-12-29-65(62)71-69/h3-44H,2H2,1H3/b16-3-,67-60-. The second-order valence-corrected chi connectivity index (χ2v) is 19.5. The maximum Gasteiger partial charge on any atom is 0.145 e. The van der Waals surface area contributed by atoms with Gasteiger partial charge in [-0.1, -0.05) is 213 Å². The fourth-order valence-corrected chi connectivity index (χ4v) is 11.9. The Kier molecular flexibility index (Phi) is 10.8. The molecule has 0 saturated carbocycles. The molecule has 11 aromatic carbocycles. The summed E-state index contributed by atoms with van der Waals surface area (Å²) < 4.78 is 9.26. The van der Waals surface area contributed by atoms with Gasteiger partial charge in [-0.2, -0.15) is 0 Å². The first-order valence-corrected chi connectivity index (χ1v) is 25.4. The van der Waals surface area contributed by atoms with Crippen molar-refractivity contribution >= 4 is 94.1 Å². The molecule has 0 radical (unpaired) electrons. The molecule has 0 saturated heterocycles. The Balaban J connectivity index is 0.961. The Labute approximate surface area is 422 Å². The van der Waals surface area contributed by atoms with Crippen molar-refractivity contribution in [1.29, 1.82) is 0 Å². The predicted molar refractivity (Wildman–Crippen MR) is 309 cm³/mol. The van der Waals surface area contributed by atoms with Crippen LogP contribution in [0, 0.1) is 0 Å². The van der Waals surface area contributed by atoms with E-state index in [2.05, 4.69) is 273 Å². The van der Waals surface area contributed by atoms with Gasteiger partial charge in [-0.05, 0) is 127 Å². The topological polar surface area (TPSA) is 16.4 Å². The van der Waals surface area contributed by atoms with Crippen LogP contribution in [0.1, 0.15) is 12.5 Å². The molecule has 0 amide bonds. The highest BCUT2D eigenvalue weighted by atomic mass is 32.1. The minimum absolute atomic E-state index is 0.854. The number of furan rings is 1. The van der Waals surface area contributed by atoms with E-state index in [1.165, 1.54) is 64.7 Å². The lowest BCUT2D eigenvalue weighted by Gasteiger charge is -2.27. The molecule has 0 aliphatic carbocycles. The minimum atomic E-state index is 0.854. The van der Waals surface area contributed by atoms with E-state index in [9.17, 15) is 0 Å². The molecule has 13 rings (SSSR count). The van der Waals surface area contributed by atoms with Gasteiger partial charge in [0.2, 0.25) is 0 Å². The molecule has 0 fully saturated rings. The number of anilines is 3. The summed E-state index contributed by atoms with van der Waals surface area (Å²) in [5, 5.41) is 9.45. The van der Waals surface area contributed by atoms with Crippen LogP contribution in [0.5, 0.6) is 0 Å². The molecule has 0 bridgehead atoms. The Hall–Kier alpha value is -9.02. The average Bonchev–Trinajstić information content (AvgIpc) is 4.00. The van der Waals surface area contributed by atoms with Crippen molar-refractivity contribution in [3.63, 3.8) is 0 Å². The number of nitrogens with zero attached hydrogens (tertiary/aromatic N) is 1. The lowest BCUT2D eigenvalue weighted by molar-refractivity contribution is 0.670. The summed E-state index contributed by atoms with van der Waals surface area (Å²) in [6, 6.07) is 87.7. The Morgan fingerprint density at radius 1 is 0.444 bits per heavy atom. The third-order valence-corrected chi connectivity index (χ3v) is 15.2. The van der Waals surface area contributed by atoms with Crippen LogP contribution >= 0.6 is 11.3 Å². The van der Waals surface area contributed by atoms with Crippen molar-refractivity contribution in [2.24, 2.45) is 0 Å². The zero-order valence-electron chi connectivity index (χ0n) is 39.7. The van der Waals surface area contributed by atoms with Crippen LogP contribution in [-0.2, 0) is 0 Å². The van der Waals surface area contributed by atoms with Gasteiger partial charge in [0.05, 0.1) is 11.1 Å². The van der Waals surface area contributed by atoms with Gasteiger partial charge >= 0.3 is 0 Å². The molecular weight excluding hydrogens is 891 g/mol. The summed E-state index contributed by atoms with van der Waals surface area (Å²) in [7, 11) is 0. The van der Waals surface area contributed by atoms with E-state index < -0.39 is 0 Å². The maximum atomic E-state index is 6.95. The molecule has 0 spiro atoms. The number of allylic oxidation sites excluding steroid dienone is 2. The molecule has 72 heavy (non-hydrogen) atoms. The van der Waals surface area contributed by atoms with E-state index in [0.717, 1.165) is 71.4 Å². The summed E-state index contributed by atoms with van der Waals surface area (Å²) in [4.78, 5) is 2.39. The van der Waals surface area contributed by atoms with Crippen LogP contribution in [0.2, 0.25) is 0 Å². The normalized spacial score (nSPS) is 12.2. The van der Waals surface area contributed by atoms with Gasteiger partial charge in [-0.3, -0.25) is 0 Å². The number of hydrogen-bond donors (Lipinski definition) is 0. The second kappa shape index (κ2) is 18.1. The highest BCUT2D eigenvalue weighted by molar-refractivity contribution is 7.17. The Morgan fingerprint density at radius 2 is 0.958 bits per heavy atom. The average molecular weight is 938 g/mol. The first-order chi connectivity index (χ1) is 35.6. The van der Waals surface area contributed by atoms with E-state index in [1.807, 2.05) is 0 Å². The van der Waals surface area contributed by atoms with Crippen LogP contribution in [0.25, 0.3) is 110 Å². The van der Waals surface area contributed by atoms with Gasteiger partial charge in [0.25, 0.3) is 0 Å². The van der Waals surface area contributed by atoms with Crippen molar-refractivity contribution in [1.82, 2.24) is 0 Å². The highest BCUT2D eigenvalue weighted by Gasteiger charge is 2.23. The van der Waals surface area contributed by atoms with Crippen molar-refractivity contribution in [2.75, 3.05) is 4.90 Å². The molecule has 2 heterocycles. The lowest BCUT2D eigenvalue weighted by Crippen LogP contribution is -2.20. The third-order valence-electron chi connectivity index (χ3n) is 14.2. The van der Waals surface area contributed by atoms with Crippen molar-refractivity contribution in [3.8, 4) is 44.5 Å². The number of hydrogen-bond acceptors (Lipinski definition) is 3. The number of thiophene rings is 1. The van der Waals surface area contributed by atoms with Crippen LogP contribution < -0.4 is 14.7 Å². The van der Waals surface area contributed by atoms with Gasteiger partial charge in [-0.25, -0.2) is 0 Å². The molecule has 0 N–H and O–H groups in total. The molecule has 2 aromatic heterocycles. The fourth-order valence-electron chi connectivity index (χ4n) is 10.8. The largest absolute Gasteiger partial charge is 0.455 e. The predicted octanol–water partition coefficient (Wildman–Crippen LogP) is 18.4. The molecule has 0 aliphatic heterocycles. The van der Waals surface area contributed by atoms with E-state index in [-0.39, 0.29) is 0 Å². The Morgan fingerprint density at radius 3 is 1.67 bits per heavy atom. The van der Waals surface area contributed by atoms with E-state index in [0.29, 0.717) is 0 Å². The van der Waals surface area contributed by atoms with Crippen LogP contribution in [0.15, 0.2) is 259 Å². The van der Waals surface area contributed by atoms with Crippen molar-refractivity contribution in [2.45, 2.75) is 6.92 Å². The van der Waals surface area contributed by atoms with Crippen molar-refractivity contribution < 1.29 is 4.42 Å². The number of rotatable bonds is 9. The zero-order valence-corrected chi connectivity index (χ0v) is 40.5. The molecule has 2 nitrogen and oxygen atoms in total. The summed E-state index contributed by atoms with van der Waals surface area (Å²) >= 11 is 1.75. The molecule has 0 aliphatic rings. The lowest BCUT2D eigenvalue weighted by atomic mass is 9.92. The Bertz CT molecular complexity index is 4340. The minimum Gasteiger partial charge on any atom is -0.455 e. The SMILES string of the molecule is C=c1sc2ccccc2/c1=C(/C=C\C)c1ccccc1-c1ccc(N(c2ccc(-c3ccc(-c4cccc5ccccc45)cc3)cc2)c2ccc(-c3cccc4ccccc34)c3oc4ccccc4c23)cc1. The molecule has 0 unspecified atom stereocenters. The van der Waals surface area contributed by atoms with Gasteiger partial charge in [0, 0.05) is 42.2 Å². The van der Waals surface area contributed by atoms with E-state index in [4.69, 9.17) is 4.42 Å². The smallest absolute Gasteiger partial charge is 0.145 e. The second-order valence-electron chi connectivity index (χ2n) is 18.4. The van der Waals surface area contributed by atoms with E-state index in [1.54, 1.807) is 11.3 Å². The van der Waals surface area contributed by atoms with Gasteiger partial charge in [-0.15, -0.1) is 11.3 Å². The number of fused-ring (bicyclic) bond motifs is 6. The van der Waals surface area contributed by atoms with Crippen LogP contribution in [0.3, 0.4) is 0 Å². The third kappa shape index (κ3) is 7.42. The van der Waals surface area contributed by atoms with Gasteiger partial charge in [0.15, 0.2) is 0 Å². The molecule has 340 valence electrons. The molecular formula is C69H47NOS. The van der Waals surface area contributed by atoms with Crippen molar-refractivity contribution in [3.05, 3.63) is 270 Å². The molecule has 13 aromatic rings. The first kappa shape index (κ1) is 43.0. The monoisotopic (exact) mass is 937 g/mol. The molecule has 0 atom stereocenters. The quantitative estimate of drug-likeness (QED) is 0.143. The fraction of sp³-hybridized carbons (Fsp3) is 0.0145. The summed E-state index contributed by atoms with van der Waals surface area (Å²) in [6.45, 7) is 6.64. The van der Waals surface area contributed by atoms with Gasteiger partial charge in [0.1, 0.15) is 11.2 Å². The first-order valence-electron chi connectivity index (χ1n) is 24.5. The van der Waals surface area contributed by atoms with Crippen LogP contribution in [0.4, 0.5) is 17.1 Å².